The minimum atomic E-state index is -1.18. The van der Waals surface area contributed by atoms with Crippen molar-refractivity contribution in [1.82, 2.24) is 26.2 Å². The van der Waals surface area contributed by atoms with E-state index in [9.17, 15) is 14.0 Å². The zero-order chi connectivity index (χ0) is 31.0. The molecule has 3 rings (SSSR count). The molecule has 2 saturated heterocycles. The van der Waals surface area contributed by atoms with Crippen molar-refractivity contribution < 1.29 is 18.4 Å². The molecular formula is C31H55F2N7O2. The lowest BCUT2D eigenvalue weighted by Crippen LogP contribution is -2.67. The number of amides is 2. The maximum Gasteiger partial charge on any atom is 0.232 e. The number of hydrogen-bond donors (Lipinski definition) is 5. The number of hydrogen-bond acceptors (Lipinski definition) is 7. The Morgan fingerprint density at radius 2 is 1.88 bits per heavy atom. The number of likely N-dealkylation sites (tertiary alicyclic amines) is 1. The zero-order valence-electron chi connectivity index (χ0n) is 26.5. The molecule has 9 nitrogen and oxygen atoms in total. The Morgan fingerprint density at radius 1 is 1.19 bits per heavy atom. The van der Waals surface area contributed by atoms with Crippen molar-refractivity contribution in [3.8, 4) is 0 Å². The number of halogens is 2. The zero-order valence-corrected chi connectivity index (χ0v) is 26.5. The quantitative estimate of drug-likeness (QED) is 0.294. The van der Waals surface area contributed by atoms with Crippen molar-refractivity contribution in [2.45, 2.75) is 116 Å². The fourth-order valence-corrected chi connectivity index (χ4v) is 6.32. The molecule has 0 saturated carbocycles. The monoisotopic (exact) mass is 595 g/mol. The fourth-order valence-electron chi connectivity index (χ4n) is 6.32. The van der Waals surface area contributed by atoms with Crippen LogP contribution in [0.5, 0.6) is 0 Å². The summed E-state index contributed by atoms with van der Waals surface area (Å²) >= 11 is 0. The number of nitrogens with one attached hydrogen (secondary N) is 4. The van der Waals surface area contributed by atoms with E-state index in [0.717, 1.165) is 25.0 Å². The Morgan fingerprint density at radius 3 is 2.52 bits per heavy atom. The van der Waals surface area contributed by atoms with Gasteiger partial charge >= 0.3 is 0 Å². The van der Waals surface area contributed by atoms with Crippen molar-refractivity contribution in [1.29, 1.82) is 0 Å². The SMILES string of the molecule is CCCCC(C)/C1=C/CC(F)C/N=C(\C)C(C(=O)NC2CNCC(F)C2N2CCC(C(=O)NC(C)(C)C)CC2)C(N)N1. The summed E-state index contributed by atoms with van der Waals surface area (Å²) in [5, 5.41) is 12.6. The van der Waals surface area contributed by atoms with Gasteiger partial charge in [0.2, 0.25) is 11.8 Å². The fraction of sp³-hybridized carbons (Fsp3) is 0.839. The van der Waals surface area contributed by atoms with Crippen LogP contribution in [0.2, 0.25) is 0 Å². The third-order valence-corrected chi connectivity index (χ3v) is 8.71. The van der Waals surface area contributed by atoms with Crippen molar-refractivity contribution >= 4 is 17.5 Å². The Labute approximate surface area is 251 Å². The summed E-state index contributed by atoms with van der Waals surface area (Å²) in [6.07, 6.45) is 3.29. The molecule has 3 heterocycles. The Bertz CT molecular complexity index is 961. The highest BCUT2D eigenvalue weighted by atomic mass is 19.1. The van der Waals surface area contributed by atoms with Crippen LogP contribution in [0.1, 0.15) is 80.1 Å². The molecule has 240 valence electrons. The average Bonchev–Trinajstić information content (AvgIpc) is 2.92. The number of nitrogens with two attached hydrogens (primary N) is 1. The van der Waals surface area contributed by atoms with Crippen LogP contribution in [0, 0.1) is 17.8 Å². The first-order valence-electron chi connectivity index (χ1n) is 15.9. The van der Waals surface area contributed by atoms with Gasteiger partial charge in [0.15, 0.2) is 0 Å². The third kappa shape index (κ3) is 9.71. The molecule has 0 aromatic carbocycles. The van der Waals surface area contributed by atoms with Gasteiger partial charge < -0.3 is 27.0 Å². The van der Waals surface area contributed by atoms with E-state index in [-0.39, 0.29) is 48.7 Å². The summed E-state index contributed by atoms with van der Waals surface area (Å²) in [5.41, 5.74) is 7.63. The highest BCUT2D eigenvalue weighted by Crippen LogP contribution is 2.26. The predicted molar refractivity (Wildman–Crippen MR) is 165 cm³/mol. The van der Waals surface area contributed by atoms with E-state index in [4.69, 9.17) is 5.73 Å². The number of alkyl halides is 2. The van der Waals surface area contributed by atoms with Crippen LogP contribution in [-0.2, 0) is 9.59 Å². The van der Waals surface area contributed by atoms with Crippen LogP contribution in [-0.4, -0.2) is 91.3 Å². The molecule has 0 radical (unpaired) electrons. The standard InChI is InChI=1S/C31H55F2N7O2/c1-7-8-9-19(2)24-11-10-22(32)16-36-20(3)26(28(34)37-24)30(42)38-25-18-35-17-23(33)27(25)40-14-12-21(13-15-40)29(41)39-31(4,5)6/h11,19,21-23,25-28,35,37H,7-10,12-18,34H2,1-6H3,(H,38,42)(H,39,41)/b24-11-,36-20+. The molecule has 3 aliphatic rings. The van der Waals surface area contributed by atoms with Gasteiger partial charge in [-0.1, -0.05) is 32.8 Å². The van der Waals surface area contributed by atoms with Gasteiger partial charge in [-0.2, -0.15) is 0 Å². The van der Waals surface area contributed by atoms with Gasteiger partial charge in [0.05, 0.1) is 24.8 Å². The molecule has 0 bridgehead atoms. The number of carbonyl (C=O) groups excluding carboxylic acids is 2. The Balaban J connectivity index is 1.73. The predicted octanol–water partition coefficient (Wildman–Crippen LogP) is 2.81. The number of unbranched alkanes of at least 4 members (excludes halogenated alkanes) is 1. The summed E-state index contributed by atoms with van der Waals surface area (Å²) in [7, 11) is 0. The maximum absolute atomic E-state index is 15.5. The van der Waals surface area contributed by atoms with Gasteiger partial charge in [-0.3, -0.25) is 19.5 Å². The van der Waals surface area contributed by atoms with Crippen LogP contribution in [0.15, 0.2) is 16.8 Å². The van der Waals surface area contributed by atoms with Crippen LogP contribution in [0.3, 0.4) is 0 Å². The summed E-state index contributed by atoms with van der Waals surface area (Å²) < 4.78 is 30.1. The molecule has 2 fully saturated rings. The maximum atomic E-state index is 15.5. The van der Waals surface area contributed by atoms with E-state index < -0.39 is 36.5 Å². The Hall–Kier alpha value is -2.11. The minimum absolute atomic E-state index is 0.0344. The summed E-state index contributed by atoms with van der Waals surface area (Å²) in [5.74, 6) is -1.12. The molecule has 2 amide bonds. The van der Waals surface area contributed by atoms with Crippen molar-refractivity contribution in [2.24, 2.45) is 28.5 Å². The number of allylic oxidation sites excluding steroid dienone is 2. The highest BCUT2D eigenvalue weighted by Gasteiger charge is 2.42. The summed E-state index contributed by atoms with van der Waals surface area (Å²) in [4.78, 5) is 33.0. The Kier molecular flexibility index (Phi) is 12.7. The van der Waals surface area contributed by atoms with Crippen LogP contribution >= 0.6 is 0 Å². The number of aliphatic imine (C=N–C) groups is 1. The molecule has 7 unspecified atom stereocenters. The van der Waals surface area contributed by atoms with Gasteiger partial charge in [0, 0.05) is 42.4 Å². The molecule has 42 heavy (non-hydrogen) atoms. The molecule has 0 spiro atoms. The minimum Gasteiger partial charge on any atom is -0.372 e. The van der Waals surface area contributed by atoms with E-state index in [0.29, 0.717) is 38.2 Å². The number of nitrogens with zero attached hydrogens (tertiary/aromatic N) is 2. The molecule has 0 aromatic heterocycles. The topological polar surface area (TPSA) is 124 Å². The second-order valence-electron chi connectivity index (χ2n) is 13.5. The molecule has 6 N–H and O–H groups in total. The van der Waals surface area contributed by atoms with E-state index in [2.05, 4.69) is 45.0 Å². The van der Waals surface area contributed by atoms with Gasteiger partial charge in [0.1, 0.15) is 18.3 Å². The van der Waals surface area contributed by atoms with Crippen molar-refractivity contribution in [2.75, 3.05) is 32.7 Å². The second-order valence-corrected chi connectivity index (χ2v) is 13.5. The van der Waals surface area contributed by atoms with Gasteiger partial charge in [-0.25, -0.2) is 8.78 Å². The molecule has 0 aliphatic carbocycles. The molecule has 3 aliphatic heterocycles. The lowest BCUT2D eigenvalue weighted by Gasteiger charge is -2.45. The average molecular weight is 596 g/mol. The smallest absolute Gasteiger partial charge is 0.232 e. The lowest BCUT2D eigenvalue weighted by molar-refractivity contribution is -0.128. The van der Waals surface area contributed by atoms with Crippen LogP contribution < -0.4 is 27.0 Å². The molecule has 11 heteroatoms. The van der Waals surface area contributed by atoms with Crippen molar-refractivity contribution in [3.05, 3.63) is 11.8 Å². The molecule has 7 atom stereocenters. The highest BCUT2D eigenvalue weighted by molar-refractivity contribution is 6.04. The summed E-state index contributed by atoms with van der Waals surface area (Å²) in [6.45, 7) is 13.6. The number of piperidine rings is 2. The lowest BCUT2D eigenvalue weighted by atomic mass is 9.89. The second kappa shape index (κ2) is 15.6. The largest absolute Gasteiger partial charge is 0.372 e. The third-order valence-electron chi connectivity index (χ3n) is 8.71. The van der Waals surface area contributed by atoms with Gasteiger partial charge in [0.25, 0.3) is 0 Å². The van der Waals surface area contributed by atoms with Gasteiger partial charge in [-0.15, -0.1) is 0 Å². The first-order chi connectivity index (χ1) is 19.8. The molecular weight excluding hydrogens is 540 g/mol. The van der Waals surface area contributed by atoms with Crippen LogP contribution in [0.25, 0.3) is 0 Å². The van der Waals surface area contributed by atoms with Crippen molar-refractivity contribution in [3.63, 3.8) is 0 Å². The van der Waals surface area contributed by atoms with E-state index in [1.165, 1.54) is 0 Å². The van der Waals surface area contributed by atoms with Gasteiger partial charge in [-0.05, 0) is 66.0 Å². The van der Waals surface area contributed by atoms with E-state index in [1.807, 2.05) is 26.8 Å². The molecule has 0 aromatic rings. The number of rotatable bonds is 8. The number of carbonyl (C=O) groups is 2. The first-order valence-corrected chi connectivity index (χ1v) is 15.9. The first kappa shape index (κ1) is 34.4. The van der Waals surface area contributed by atoms with E-state index in [1.54, 1.807) is 6.92 Å². The normalized spacial score (nSPS) is 33.7. The van der Waals surface area contributed by atoms with E-state index >= 15 is 4.39 Å². The summed E-state index contributed by atoms with van der Waals surface area (Å²) in [6, 6.07) is -1.02. The van der Waals surface area contributed by atoms with Crippen LogP contribution in [0.4, 0.5) is 8.78 Å².